The maximum absolute atomic E-state index is 4.64. The number of hydrogen-bond donors (Lipinski definition) is 1. The van der Waals surface area contributed by atoms with E-state index in [1.54, 1.807) is 11.3 Å². The third-order valence-corrected chi connectivity index (χ3v) is 3.50. The SMILES string of the molecule is CNc1cc(-c2ccsc2C)nc(C(C)C)n1. The number of hydrogen-bond acceptors (Lipinski definition) is 4. The van der Waals surface area contributed by atoms with E-state index in [2.05, 4.69) is 47.5 Å². The van der Waals surface area contributed by atoms with Crippen molar-refractivity contribution in [3.8, 4) is 11.3 Å². The number of nitrogens with zero attached hydrogens (tertiary/aromatic N) is 2. The highest BCUT2D eigenvalue weighted by atomic mass is 32.1. The van der Waals surface area contributed by atoms with Crippen molar-refractivity contribution in [2.75, 3.05) is 12.4 Å². The molecular weight excluding hydrogens is 230 g/mol. The van der Waals surface area contributed by atoms with Crippen LogP contribution < -0.4 is 5.32 Å². The molecule has 17 heavy (non-hydrogen) atoms. The lowest BCUT2D eigenvalue weighted by atomic mass is 10.1. The first-order chi connectivity index (χ1) is 8.11. The summed E-state index contributed by atoms with van der Waals surface area (Å²) in [5.41, 5.74) is 2.21. The van der Waals surface area contributed by atoms with E-state index in [-0.39, 0.29) is 0 Å². The topological polar surface area (TPSA) is 37.8 Å². The zero-order valence-corrected chi connectivity index (χ0v) is 11.4. The molecule has 4 heteroatoms. The van der Waals surface area contributed by atoms with Crippen LogP contribution in [0.1, 0.15) is 30.5 Å². The normalized spacial score (nSPS) is 10.9. The Kier molecular flexibility index (Phi) is 3.43. The lowest BCUT2D eigenvalue weighted by Gasteiger charge is -2.09. The summed E-state index contributed by atoms with van der Waals surface area (Å²) >= 11 is 1.75. The molecule has 2 aromatic heterocycles. The van der Waals surface area contributed by atoms with Crippen molar-refractivity contribution in [1.82, 2.24) is 9.97 Å². The molecule has 2 heterocycles. The van der Waals surface area contributed by atoms with E-state index in [1.807, 2.05) is 13.1 Å². The Morgan fingerprint density at radius 2 is 2.06 bits per heavy atom. The van der Waals surface area contributed by atoms with Crippen LogP contribution in [0.25, 0.3) is 11.3 Å². The predicted molar refractivity (Wildman–Crippen MR) is 73.7 cm³/mol. The molecule has 3 nitrogen and oxygen atoms in total. The Morgan fingerprint density at radius 3 is 2.59 bits per heavy atom. The van der Waals surface area contributed by atoms with Gasteiger partial charge in [-0.15, -0.1) is 11.3 Å². The number of rotatable bonds is 3. The monoisotopic (exact) mass is 247 g/mol. The third-order valence-electron chi connectivity index (χ3n) is 2.65. The van der Waals surface area contributed by atoms with Crippen molar-refractivity contribution in [3.63, 3.8) is 0 Å². The molecule has 2 rings (SSSR count). The molecule has 0 radical (unpaired) electrons. The summed E-state index contributed by atoms with van der Waals surface area (Å²) in [6.45, 7) is 6.34. The number of thiophene rings is 1. The number of nitrogens with one attached hydrogen (secondary N) is 1. The second-order valence-electron chi connectivity index (χ2n) is 4.29. The molecule has 0 aromatic carbocycles. The molecule has 1 N–H and O–H groups in total. The number of anilines is 1. The van der Waals surface area contributed by atoms with Crippen LogP contribution in [0, 0.1) is 6.92 Å². The van der Waals surface area contributed by atoms with Gasteiger partial charge in [0.15, 0.2) is 0 Å². The van der Waals surface area contributed by atoms with Gasteiger partial charge in [-0.3, -0.25) is 0 Å². The quantitative estimate of drug-likeness (QED) is 0.899. The molecule has 0 spiro atoms. The van der Waals surface area contributed by atoms with Crippen molar-refractivity contribution >= 4 is 17.2 Å². The highest BCUT2D eigenvalue weighted by Crippen LogP contribution is 2.28. The van der Waals surface area contributed by atoms with Crippen LogP contribution in [-0.2, 0) is 0 Å². The Bertz CT molecular complexity index is 517. The molecule has 0 aliphatic rings. The zero-order valence-electron chi connectivity index (χ0n) is 10.6. The van der Waals surface area contributed by atoms with E-state index < -0.39 is 0 Å². The van der Waals surface area contributed by atoms with Gasteiger partial charge in [0.05, 0.1) is 5.69 Å². The predicted octanol–water partition coefficient (Wildman–Crippen LogP) is 3.68. The van der Waals surface area contributed by atoms with E-state index in [0.717, 1.165) is 17.3 Å². The first-order valence-electron chi connectivity index (χ1n) is 5.73. The molecule has 0 atom stereocenters. The van der Waals surface area contributed by atoms with Crippen LogP contribution in [-0.4, -0.2) is 17.0 Å². The second-order valence-corrected chi connectivity index (χ2v) is 5.41. The highest BCUT2D eigenvalue weighted by molar-refractivity contribution is 7.10. The van der Waals surface area contributed by atoms with Gasteiger partial charge in [0, 0.05) is 29.5 Å². The maximum atomic E-state index is 4.64. The van der Waals surface area contributed by atoms with Gasteiger partial charge in [-0.1, -0.05) is 13.8 Å². The van der Waals surface area contributed by atoms with Crippen LogP contribution >= 0.6 is 11.3 Å². The zero-order chi connectivity index (χ0) is 12.4. The molecule has 0 aliphatic heterocycles. The Labute approximate surface area is 106 Å². The molecule has 2 aromatic rings. The average Bonchev–Trinajstić information content (AvgIpc) is 2.74. The van der Waals surface area contributed by atoms with E-state index in [1.165, 1.54) is 10.4 Å². The Balaban J connectivity index is 2.54. The molecule has 0 aliphatic carbocycles. The van der Waals surface area contributed by atoms with Gasteiger partial charge in [0.1, 0.15) is 11.6 Å². The van der Waals surface area contributed by atoms with Crippen molar-refractivity contribution in [1.29, 1.82) is 0 Å². The van der Waals surface area contributed by atoms with Crippen LogP contribution in [0.15, 0.2) is 17.5 Å². The fourth-order valence-corrected chi connectivity index (χ4v) is 2.35. The first-order valence-corrected chi connectivity index (χ1v) is 6.61. The Hall–Kier alpha value is -1.42. The van der Waals surface area contributed by atoms with E-state index in [4.69, 9.17) is 0 Å². The minimum Gasteiger partial charge on any atom is -0.373 e. The van der Waals surface area contributed by atoms with Crippen LogP contribution in [0.4, 0.5) is 5.82 Å². The van der Waals surface area contributed by atoms with E-state index >= 15 is 0 Å². The standard InChI is InChI=1S/C13H17N3S/c1-8(2)13-15-11(7-12(14-4)16-13)10-5-6-17-9(10)3/h5-8H,1-4H3,(H,14,15,16). The second kappa shape index (κ2) is 4.84. The van der Waals surface area contributed by atoms with Gasteiger partial charge in [-0.25, -0.2) is 9.97 Å². The first kappa shape index (κ1) is 12.0. The van der Waals surface area contributed by atoms with E-state index in [0.29, 0.717) is 5.92 Å². The molecule has 0 fully saturated rings. The van der Waals surface area contributed by atoms with Gasteiger partial charge >= 0.3 is 0 Å². The van der Waals surface area contributed by atoms with Crippen molar-refractivity contribution < 1.29 is 0 Å². The summed E-state index contributed by atoms with van der Waals surface area (Å²) in [6, 6.07) is 4.12. The van der Waals surface area contributed by atoms with Gasteiger partial charge in [0.25, 0.3) is 0 Å². The van der Waals surface area contributed by atoms with Crippen LogP contribution in [0.3, 0.4) is 0 Å². The van der Waals surface area contributed by atoms with Gasteiger partial charge in [0.2, 0.25) is 0 Å². The minimum atomic E-state index is 0.334. The maximum Gasteiger partial charge on any atom is 0.133 e. The lowest BCUT2D eigenvalue weighted by Crippen LogP contribution is -2.03. The molecule has 0 amide bonds. The van der Waals surface area contributed by atoms with Crippen molar-refractivity contribution in [2.24, 2.45) is 0 Å². The van der Waals surface area contributed by atoms with Crippen molar-refractivity contribution in [3.05, 3.63) is 28.2 Å². The molecule has 0 bridgehead atoms. The number of aromatic nitrogens is 2. The molecule has 0 unspecified atom stereocenters. The molecular formula is C13H17N3S. The summed E-state index contributed by atoms with van der Waals surface area (Å²) in [4.78, 5) is 10.4. The minimum absolute atomic E-state index is 0.334. The van der Waals surface area contributed by atoms with E-state index in [9.17, 15) is 0 Å². The average molecular weight is 247 g/mol. The van der Waals surface area contributed by atoms with Gasteiger partial charge in [-0.2, -0.15) is 0 Å². The summed E-state index contributed by atoms with van der Waals surface area (Å²) in [5, 5.41) is 5.19. The Morgan fingerprint density at radius 1 is 1.29 bits per heavy atom. The highest BCUT2D eigenvalue weighted by Gasteiger charge is 2.11. The summed E-state index contributed by atoms with van der Waals surface area (Å²) in [5.74, 6) is 2.10. The molecule has 0 saturated carbocycles. The fourth-order valence-electron chi connectivity index (χ4n) is 1.64. The van der Waals surface area contributed by atoms with Gasteiger partial charge < -0.3 is 5.32 Å². The summed E-state index contributed by atoms with van der Waals surface area (Å²) < 4.78 is 0. The summed E-state index contributed by atoms with van der Waals surface area (Å²) in [6.07, 6.45) is 0. The fraction of sp³-hybridized carbons (Fsp3) is 0.385. The molecule has 0 saturated heterocycles. The largest absolute Gasteiger partial charge is 0.373 e. The third kappa shape index (κ3) is 2.47. The van der Waals surface area contributed by atoms with Crippen LogP contribution in [0.2, 0.25) is 0 Å². The lowest BCUT2D eigenvalue weighted by molar-refractivity contribution is 0.777. The van der Waals surface area contributed by atoms with Crippen LogP contribution in [0.5, 0.6) is 0 Å². The smallest absolute Gasteiger partial charge is 0.133 e. The number of aryl methyl sites for hydroxylation is 1. The van der Waals surface area contributed by atoms with Crippen molar-refractivity contribution in [2.45, 2.75) is 26.7 Å². The van der Waals surface area contributed by atoms with Gasteiger partial charge in [-0.05, 0) is 18.4 Å². The summed E-state index contributed by atoms with van der Waals surface area (Å²) in [7, 11) is 1.89. The molecule has 90 valence electrons.